The Labute approximate surface area is 201 Å². The highest BCUT2D eigenvalue weighted by Gasteiger charge is 2.36. The summed E-state index contributed by atoms with van der Waals surface area (Å²) in [5.74, 6) is -1.59. The first-order valence-corrected chi connectivity index (χ1v) is 10.9. The molecule has 0 radical (unpaired) electrons. The molecule has 0 saturated carbocycles. The Kier molecular flexibility index (Phi) is 8.75. The van der Waals surface area contributed by atoms with E-state index in [2.05, 4.69) is 5.32 Å². The van der Waals surface area contributed by atoms with Gasteiger partial charge >= 0.3 is 18.2 Å². The lowest BCUT2D eigenvalue weighted by Crippen LogP contribution is -2.36. The Morgan fingerprint density at radius 1 is 1.11 bits per heavy atom. The number of carbonyl (C=O) groups excluding carboxylic acids is 2. The van der Waals surface area contributed by atoms with Crippen LogP contribution in [0, 0.1) is 12.7 Å². The lowest BCUT2D eigenvalue weighted by Gasteiger charge is -2.25. The van der Waals surface area contributed by atoms with Gasteiger partial charge in [0, 0.05) is 11.1 Å². The van der Waals surface area contributed by atoms with Crippen molar-refractivity contribution in [1.82, 2.24) is 5.32 Å². The zero-order valence-corrected chi connectivity index (χ0v) is 20.4. The molecule has 0 aromatic heterocycles. The quantitative estimate of drug-likeness (QED) is 0.355. The molecule has 0 bridgehead atoms. The van der Waals surface area contributed by atoms with E-state index >= 15 is 4.39 Å². The van der Waals surface area contributed by atoms with Crippen LogP contribution in [-0.2, 0) is 20.4 Å². The number of alkyl carbamates (subject to hydrolysis) is 1. The predicted octanol–water partition coefficient (Wildman–Crippen LogP) is 6.35. The fourth-order valence-electron chi connectivity index (χ4n) is 3.51. The topological polar surface area (TPSA) is 73.9 Å². The number of ether oxygens (including phenoxy) is 3. The molecule has 192 valence electrons. The summed E-state index contributed by atoms with van der Waals surface area (Å²) >= 11 is 0. The number of methoxy groups -OCH3 is 1. The van der Waals surface area contributed by atoms with Crippen molar-refractivity contribution in [2.75, 3.05) is 13.7 Å². The van der Waals surface area contributed by atoms with Crippen LogP contribution in [0.15, 0.2) is 30.3 Å². The molecule has 1 atom stereocenters. The maximum absolute atomic E-state index is 15.3. The molecule has 1 amide bonds. The minimum Gasteiger partial charge on any atom is -0.496 e. The van der Waals surface area contributed by atoms with Crippen molar-refractivity contribution in [3.8, 4) is 16.9 Å². The molecular weight excluding hydrogens is 470 g/mol. The Balaban J connectivity index is 2.69. The zero-order chi connectivity index (χ0) is 26.6. The number of esters is 1. The molecule has 2 aromatic rings. The lowest BCUT2D eigenvalue weighted by atomic mass is 9.91. The average molecular weight is 500 g/mol. The highest BCUT2D eigenvalue weighted by atomic mass is 19.4. The summed E-state index contributed by atoms with van der Waals surface area (Å²) in [5, 5.41) is 2.44. The molecule has 10 heteroatoms. The smallest absolute Gasteiger partial charge is 0.417 e. The molecule has 0 fully saturated rings. The van der Waals surface area contributed by atoms with Crippen LogP contribution in [0.1, 0.15) is 56.8 Å². The first kappa shape index (κ1) is 27.9. The summed E-state index contributed by atoms with van der Waals surface area (Å²) in [6.07, 6.45) is -6.11. The molecule has 0 aliphatic carbocycles. The summed E-state index contributed by atoms with van der Waals surface area (Å²) in [5.41, 5.74) is -2.33. The van der Waals surface area contributed by atoms with Crippen LogP contribution >= 0.6 is 0 Å². The molecule has 0 heterocycles. The largest absolute Gasteiger partial charge is 0.496 e. The molecule has 1 unspecified atom stereocenters. The maximum atomic E-state index is 15.3. The first-order valence-electron chi connectivity index (χ1n) is 10.9. The van der Waals surface area contributed by atoms with Gasteiger partial charge in [-0.15, -0.1) is 0 Å². The van der Waals surface area contributed by atoms with Crippen molar-refractivity contribution in [1.29, 1.82) is 0 Å². The third-order valence-corrected chi connectivity index (χ3v) is 4.87. The summed E-state index contributed by atoms with van der Waals surface area (Å²) < 4.78 is 72.1. The molecule has 0 spiro atoms. The van der Waals surface area contributed by atoms with Crippen molar-refractivity contribution in [3.63, 3.8) is 0 Å². The molecule has 2 aromatic carbocycles. The van der Waals surface area contributed by atoms with Gasteiger partial charge in [-0.2, -0.15) is 13.2 Å². The van der Waals surface area contributed by atoms with Gasteiger partial charge in [0.1, 0.15) is 17.2 Å². The van der Waals surface area contributed by atoms with E-state index in [1.54, 1.807) is 27.7 Å². The standard InChI is InChI=1S/C25H29F4NO5/c1-7-34-20(31)13-18(30-23(32)35-24(3,4)5)16-12-15(11-14(2)22(16)26)21-17(25(27,28)29)9-8-10-19(21)33-6/h8-12,18H,7,13H2,1-6H3,(H,30,32). The molecule has 2 rings (SSSR count). The Hall–Kier alpha value is -3.30. The Morgan fingerprint density at radius 3 is 2.31 bits per heavy atom. The normalized spacial score (nSPS) is 12.6. The molecule has 0 saturated heterocycles. The van der Waals surface area contributed by atoms with E-state index in [0.29, 0.717) is 0 Å². The number of aryl methyl sites for hydroxylation is 1. The van der Waals surface area contributed by atoms with Crippen molar-refractivity contribution >= 4 is 12.1 Å². The van der Waals surface area contributed by atoms with Crippen LogP contribution in [0.25, 0.3) is 11.1 Å². The van der Waals surface area contributed by atoms with E-state index in [9.17, 15) is 22.8 Å². The van der Waals surface area contributed by atoms with Crippen LogP contribution in [0.4, 0.5) is 22.4 Å². The second-order valence-corrected chi connectivity index (χ2v) is 8.78. The lowest BCUT2D eigenvalue weighted by molar-refractivity contribution is -0.143. The van der Waals surface area contributed by atoms with E-state index in [0.717, 1.165) is 12.1 Å². The number of benzene rings is 2. The van der Waals surface area contributed by atoms with E-state index in [1.165, 1.54) is 32.2 Å². The van der Waals surface area contributed by atoms with Gasteiger partial charge < -0.3 is 19.5 Å². The SMILES string of the molecule is CCOC(=O)CC(NC(=O)OC(C)(C)C)c1cc(-c2c(OC)cccc2C(F)(F)F)cc(C)c1F. The van der Waals surface area contributed by atoms with E-state index in [4.69, 9.17) is 14.2 Å². The molecule has 0 aliphatic rings. The summed E-state index contributed by atoms with van der Waals surface area (Å²) in [7, 11) is 1.23. The number of halogens is 4. The molecule has 1 N–H and O–H groups in total. The molecular formula is C25H29F4NO5. The van der Waals surface area contributed by atoms with Gasteiger partial charge in [0.05, 0.1) is 31.7 Å². The second-order valence-electron chi connectivity index (χ2n) is 8.78. The van der Waals surface area contributed by atoms with Crippen LogP contribution in [0.2, 0.25) is 0 Å². The van der Waals surface area contributed by atoms with Crippen LogP contribution < -0.4 is 10.1 Å². The van der Waals surface area contributed by atoms with Crippen molar-refractivity contribution < 1.29 is 41.4 Å². The van der Waals surface area contributed by atoms with Gasteiger partial charge in [-0.1, -0.05) is 6.07 Å². The number of alkyl halides is 3. The first-order chi connectivity index (χ1) is 16.2. The third kappa shape index (κ3) is 7.34. The van der Waals surface area contributed by atoms with Crippen molar-refractivity contribution in [3.05, 3.63) is 52.8 Å². The summed E-state index contributed by atoms with van der Waals surface area (Å²) in [6, 6.07) is 4.60. The number of carbonyl (C=O) groups is 2. The maximum Gasteiger partial charge on any atom is 0.417 e. The van der Waals surface area contributed by atoms with Crippen LogP contribution in [0.3, 0.4) is 0 Å². The minimum absolute atomic E-state index is 0.00326. The third-order valence-electron chi connectivity index (χ3n) is 4.87. The average Bonchev–Trinajstić information content (AvgIpc) is 2.72. The summed E-state index contributed by atoms with van der Waals surface area (Å²) in [6.45, 7) is 7.88. The van der Waals surface area contributed by atoms with Gasteiger partial charge in [0.25, 0.3) is 0 Å². The number of hydrogen-bond donors (Lipinski definition) is 1. The minimum atomic E-state index is -4.72. The molecule has 35 heavy (non-hydrogen) atoms. The highest BCUT2D eigenvalue weighted by molar-refractivity contribution is 5.77. The molecule has 0 aliphatic heterocycles. The van der Waals surface area contributed by atoms with Crippen LogP contribution in [0.5, 0.6) is 5.75 Å². The van der Waals surface area contributed by atoms with E-state index in [-0.39, 0.29) is 34.6 Å². The van der Waals surface area contributed by atoms with E-state index in [1.807, 2.05) is 0 Å². The molecule has 6 nitrogen and oxygen atoms in total. The number of nitrogens with one attached hydrogen (secondary N) is 1. The summed E-state index contributed by atoms with van der Waals surface area (Å²) in [4.78, 5) is 24.7. The van der Waals surface area contributed by atoms with Gasteiger partial charge in [0.15, 0.2) is 0 Å². The fraction of sp³-hybridized carbons (Fsp3) is 0.440. The van der Waals surface area contributed by atoms with Gasteiger partial charge in [-0.05, 0) is 70.0 Å². The fourth-order valence-corrected chi connectivity index (χ4v) is 3.51. The van der Waals surface area contributed by atoms with Crippen molar-refractivity contribution in [2.45, 2.75) is 58.9 Å². The van der Waals surface area contributed by atoms with E-state index < -0.39 is 47.7 Å². The van der Waals surface area contributed by atoms with Gasteiger partial charge in [0.2, 0.25) is 0 Å². The number of rotatable bonds is 7. The van der Waals surface area contributed by atoms with Gasteiger partial charge in [-0.3, -0.25) is 4.79 Å². The Bertz CT molecular complexity index is 1080. The van der Waals surface area contributed by atoms with Crippen molar-refractivity contribution in [2.24, 2.45) is 0 Å². The monoisotopic (exact) mass is 499 g/mol. The second kappa shape index (κ2) is 11.0. The predicted molar refractivity (Wildman–Crippen MR) is 121 cm³/mol. The number of amides is 1. The van der Waals surface area contributed by atoms with Crippen LogP contribution in [-0.4, -0.2) is 31.4 Å². The zero-order valence-electron chi connectivity index (χ0n) is 20.4. The van der Waals surface area contributed by atoms with Gasteiger partial charge in [-0.25, -0.2) is 9.18 Å². The number of hydrogen-bond acceptors (Lipinski definition) is 5. The Morgan fingerprint density at radius 2 is 1.77 bits per heavy atom. The highest BCUT2D eigenvalue weighted by Crippen LogP contribution is 2.43.